The molecule has 176 valence electrons. The van der Waals surface area contributed by atoms with Gasteiger partial charge in [-0.3, -0.25) is 4.79 Å². The van der Waals surface area contributed by atoms with Gasteiger partial charge in [-0.25, -0.2) is 14.4 Å². The average Bonchev–Trinajstić information content (AvgIpc) is 2.91. The molecular weight excluding hydrogens is 445 g/mol. The molecule has 7 nitrogen and oxygen atoms in total. The maximum Gasteiger partial charge on any atom is 0.255 e. The number of hydrogen-bond donors (Lipinski definition) is 2. The Labute approximate surface area is 202 Å². The molecular formula is C27H24FN5O2. The van der Waals surface area contributed by atoms with Crippen LogP contribution in [-0.2, 0) is 4.74 Å². The van der Waals surface area contributed by atoms with E-state index in [1.54, 1.807) is 42.7 Å². The van der Waals surface area contributed by atoms with E-state index in [-0.39, 0.29) is 11.7 Å². The van der Waals surface area contributed by atoms with Crippen molar-refractivity contribution in [2.24, 2.45) is 0 Å². The molecule has 0 aliphatic carbocycles. The first-order valence-electron chi connectivity index (χ1n) is 11.3. The highest BCUT2D eigenvalue weighted by atomic mass is 19.1. The molecule has 0 atom stereocenters. The van der Waals surface area contributed by atoms with Gasteiger partial charge >= 0.3 is 0 Å². The van der Waals surface area contributed by atoms with Gasteiger partial charge < -0.3 is 20.3 Å². The van der Waals surface area contributed by atoms with Crippen molar-refractivity contribution in [2.45, 2.75) is 0 Å². The molecule has 1 saturated heterocycles. The minimum atomic E-state index is -0.290. The maximum absolute atomic E-state index is 13.1. The summed E-state index contributed by atoms with van der Waals surface area (Å²) in [5.74, 6) is -0.102. The SMILES string of the molecule is O=C(Nc1ccc(N2CCOCC2)cc1)c1cccc(Nc2ncc(-c3ccc(F)cc3)cn2)c1. The zero-order valence-electron chi connectivity index (χ0n) is 18.9. The molecule has 0 bridgehead atoms. The number of morpholine rings is 1. The first-order chi connectivity index (χ1) is 17.1. The van der Waals surface area contributed by atoms with Crippen LogP contribution in [0.25, 0.3) is 11.1 Å². The van der Waals surface area contributed by atoms with E-state index in [9.17, 15) is 9.18 Å². The number of ether oxygens (including phenoxy) is 1. The number of carbonyl (C=O) groups excluding carboxylic acids is 1. The number of carbonyl (C=O) groups is 1. The fourth-order valence-corrected chi connectivity index (χ4v) is 3.83. The van der Waals surface area contributed by atoms with Crippen LogP contribution in [0.2, 0.25) is 0 Å². The molecule has 0 spiro atoms. The molecule has 8 heteroatoms. The Kier molecular flexibility index (Phi) is 6.63. The lowest BCUT2D eigenvalue weighted by molar-refractivity contribution is 0.102. The molecule has 1 aliphatic rings. The first-order valence-corrected chi connectivity index (χ1v) is 11.3. The molecule has 0 unspecified atom stereocenters. The minimum Gasteiger partial charge on any atom is -0.378 e. The molecule has 2 N–H and O–H groups in total. The highest BCUT2D eigenvalue weighted by molar-refractivity contribution is 6.04. The lowest BCUT2D eigenvalue weighted by Gasteiger charge is -2.28. The number of nitrogens with one attached hydrogen (secondary N) is 2. The summed E-state index contributed by atoms with van der Waals surface area (Å²) in [6, 6.07) is 21.1. The molecule has 5 rings (SSSR count). The van der Waals surface area contributed by atoms with E-state index >= 15 is 0 Å². The van der Waals surface area contributed by atoms with Gasteiger partial charge in [0.2, 0.25) is 5.95 Å². The summed E-state index contributed by atoms with van der Waals surface area (Å²) in [6.45, 7) is 3.19. The van der Waals surface area contributed by atoms with Gasteiger partial charge in [-0.1, -0.05) is 18.2 Å². The topological polar surface area (TPSA) is 79.4 Å². The maximum atomic E-state index is 13.1. The first kappa shape index (κ1) is 22.5. The molecule has 1 aliphatic heterocycles. The van der Waals surface area contributed by atoms with E-state index in [2.05, 4.69) is 25.5 Å². The Hall–Kier alpha value is -4.30. The Balaban J connectivity index is 1.22. The van der Waals surface area contributed by atoms with Crippen LogP contribution in [-0.4, -0.2) is 42.2 Å². The van der Waals surface area contributed by atoms with Crippen molar-refractivity contribution in [1.82, 2.24) is 9.97 Å². The smallest absolute Gasteiger partial charge is 0.255 e. The van der Waals surface area contributed by atoms with Crippen LogP contribution in [0.4, 0.5) is 27.4 Å². The molecule has 35 heavy (non-hydrogen) atoms. The van der Waals surface area contributed by atoms with Crippen molar-refractivity contribution in [2.75, 3.05) is 41.8 Å². The molecule has 4 aromatic rings. The van der Waals surface area contributed by atoms with Gasteiger partial charge in [0.1, 0.15) is 5.82 Å². The number of anilines is 4. The third kappa shape index (κ3) is 5.62. The van der Waals surface area contributed by atoms with Gasteiger partial charge in [0.15, 0.2) is 0 Å². The Morgan fingerprint density at radius 3 is 2.29 bits per heavy atom. The second-order valence-corrected chi connectivity index (χ2v) is 8.11. The monoisotopic (exact) mass is 469 g/mol. The van der Waals surface area contributed by atoms with Gasteiger partial charge in [-0.05, 0) is 60.2 Å². The van der Waals surface area contributed by atoms with Crippen LogP contribution in [0, 0.1) is 5.82 Å². The molecule has 3 aromatic carbocycles. The second kappa shape index (κ2) is 10.3. The van der Waals surface area contributed by atoms with Crippen molar-refractivity contribution in [3.8, 4) is 11.1 Å². The van der Waals surface area contributed by atoms with Crippen molar-refractivity contribution >= 4 is 28.9 Å². The predicted octanol–water partition coefficient (Wildman–Crippen LogP) is 5.12. The van der Waals surface area contributed by atoms with E-state index < -0.39 is 0 Å². The quantitative estimate of drug-likeness (QED) is 0.408. The van der Waals surface area contributed by atoms with E-state index in [1.165, 1.54) is 12.1 Å². The van der Waals surface area contributed by atoms with Crippen molar-refractivity contribution < 1.29 is 13.9 Å². The van der Waals surface area contributed by atoms with Crippen LogP contribution < -0.4 is 15.5 Å². The van der Waals surface area contributed by atoms with Gasteiger partial charge in [0, 0.05) is 53.7 Å². The minimum absolute atomic E-state index is 0.208. The fraction of sp³-hybridized carbons (Fsp3) is 0.148. The third-order valence-electron chi connectivity index (χ3n) is 5.71. The molecule has 1 aromatic heterocycles. The Bertz CT molecular complexity index is 1290. The van der Waals surface area contributed by atoms with E-state index in [1.807, 2.05) is 30.3 Å². The number of halogens is 1. The highest BCUT2D eigenvalue weighted by Crippen LogP contribution is 2.22. The van der Waals surface area contributed by atoms with Crippen molar-refractivity contribution in [1.29, 1.82) is 0 Å². The number of aromatic nitrogens is 2. The number of hydrogen-bond acceptors (Lipinski definition) is 6. The average molecular weight is 470 g/mol. The molecule has 1 amide bonds. The van der Waals surface area contributed by atoms with Crippen molar-refractivity contribution in [3.05, 3.63) is 96.6 Å². The summed E-state index contributed by atoms with van der Waals surface area (Å²) in [6.07, 6.45) is 3.33. The van der Waals surface area contributed by atoms with Gasteiger partial charge in [0.25, 0.3) is 5.91 Å². The molecule has 1 fully saturated rings. The predicted molar refractivity (Wildman–Crippen MR) is 135 cm³/mol. The summed E-state index contributed by atoms with van der Waals surface area (Å²) >= 11 is 0. The standard InChI is InChI=1S/C27H24FN5O2/c28-22-6-4-19(5-7-22)21-17-29-27(30-18-21)32-24-3-1-2-20(16-24)26(34)31-23-8-10-25(11-9-23)33-12-14-35-15-13-33/h1-11,16-18H,12-15H2,(H,31,34)(H,29,30,32). The summed E-state index contributed by atoms with van der Waals surface area (Å²) in [5.41, 5.74) is 4.65. The van der Waals surface area contributed by atoms with Crippen LogP contribution in [0.1, 0.15) is 10.4 Å². The number of benzene rings is 3. The van der Waals surface area contributed by atoms with Gasteiger partial charge in [-0.15, -0.1) is 0 Å². The largest absolute Gasteiger partial charge is 0.378 e. The third-order valence-corrected chi connectivity index (χ3v) is 5.71. The normalized spacial score (nSPS) is 13.3. The number of rotatable bonds is 6. The lowest BCUT2D eigenvalue weighted by Crippen LogP contribution is -2.36. The fourth-order valence-electron chi connectivity index (χ4n) is 3.83. The lowest BCUT2D eigenvalue weighted by atomic mass is 10.1. The van der Waals surface area contributed by atoms with E-state index in [0.717, 1.165) is 48.8 Å². The number of nitrogens with zero attached hydrogens (tertiary/aromatic N) is 3. The van der Waals surface area contributed by atoms with Crippen LogP contribution in [0.15, 0.2) is 85.2 Å². The highest BCUT2D eigenvalue weighted by Gasteiger charge is 2.12. The van der Waals surface area contributed by atoms with Crippen LogP contribution >= 0.6 is 0 Å². The summed E-state index contributed by atoms with van der Waals surface area (Å²) < 4.78 is 18.5. The summed E-state index contributed by atoms with van der Waals surface area (Å²) in [4.78, 5) is 23.7. The Morgan fingerprint density at radius 2 is 1.57 bits per heavy atom. The Morgan fingerprint density at radius 1 is 0.857 bits per heavy atom. The summed E-state index contributed by atoms with van der Waals surface area (Å²) in [7, 11) is 0. The molecule has 0 saturated carbocycles. The van der Waals surface area contributed by atoms with E-state index in [0.29, 0.717) is 17.2 Å². The number of amides is 1. The zero-order chi connectivity index (χ0) is 24.0. The zero-order valence-corrected chi connectivity index (χ0v) is 18.9. The van der Waals surface area contributed by atoms with Crippen LogP contribution in [0.5, 0.6) is 0 Å². The van der Waals surface area contributed by atoms with Gasteiger partial charge in [0.05, 0.1) is 13.2 Å². The van der Waals surface area contributed by atoms with Crippen LogP contribution in [0.3, 0.4) is 0 Å². The van der Waals surface area contributed by atoms with Crippen molar-refractivity contribution in [3.63, 3.8) is 0 Å². The van der Waals surface area contributed by atoms with E-state index in [4.69, 9.17) is 4.74 Å². The summed E-state index contributed by atoms with van der Waals surface area (Å²) in [5, 5.41) is 6.06. The molecule has 0 radical (unpaired) electrons. The second-order valence-electron chi connectivity index (χ2n) is 8.11. The molecule has 2 heterocycles. The van der Waals surface area contributed by atoms with Gasteiger partial charge in [-0.2, -0.15) is 0 Å².